The predicted molar refractivity (Wildman–Crippen MR) is 83.6 cm³/mol. The van der Waals surface area contributed by atoms with E-state index in [4.69, 9.17) is 0 Å². The molecule has 2 aromatic heterocycles. The van der Waals surface area contributed by atoms with E-state index in [-0.39, 0.29) is 0 Å². The number of nitrogens with zero attached hydrogens (tertiary/aromatic N) is 5. The summed E-state index contributed by atoms with van der Waals surface area (Å²) >= 11 is 0. The molecule has 0 spiro atoms. The Bertz CT molecular complexity index is 599. The van der Waals surface area contributed by atoms with Gasteiger partial charge in [-0.1, -0.05) is 6.42 Å². The van der Waals surface area contributed by atoms with Crippen molar-refractivity contribution >= 4 is 11.6 Å². The van der Waals surface area contributed by atoms with E-state index in [1.54, 1.807) is 6.33 Å². The molecule has 114 valence electrons. The van der Waals surface area contributed by atoms with Crippen molar-refractivity contribution in [1.29, 1.82) is 0 Å². The Hall–Kier alpha value is -1.69. The number of aromatic nitrogens is 4. The number of fused-ring (bicyclic) bond motifs is 1. The number of nitrogens with one attached hydrogen (secondary N) is 1. The van der Waals surface area contributed by atoms with Gasteiger partial charge in [-0.2, -0.15) is 14.6 Å². The summed E-state index contributed by atoms with van der Waals surface area (Å²) in [6.45, 7) is 8.58. The SMILES string of the molecule is Cc1cc(N(CC2CCCCN2)C(C)C)n2ncnc2n1. The summed E-state index contributed by atoms with van der Waals surface area (Å²) < 4.78 is 1.84. The molecule has 0 aliphatic carbocycles. The minimum Gasteiger partial charge on any atom is -0.352 e. The van der Waals surface area contributed by atoms with Crippen LogP contribution in [0.25, 0.3) is 5.78 Å². The maximum absolute atomic E-state index is 4.43. The summed E-state index contributed by atoms with van der Waals surface area (Å²) in [6, 6.07) is 3.06. The molecular weight excluding hydrogens is 264 g/mol. The lowest BCUT2D eigenvalue weighted by atomic mass is 10.0. The molecule has 1 unspecified atom stereocenters. The Morgan fingerprint density at radius 3 is 3.00 bits per heavy atom. The average molecular weight is 288 g/mol. The maximum atomic E-state index is 4.43. The van der Waals surface area contributed by atoms with E-state index in [1.807, 2.05) is 11.4 Å². The first-order valence-electron chi connectivity index (χ1n) is 7.82. The Morgan fingerprint density at radius 2 is 2.29 bits per heavy atom. The molecule has 2 aromatic rings. The molecule has 0 radical (unpaired) electrons. The zero-order chi connectivity index (χ0) is 14.8. The molecule has 1 N–H and O–H groups in total. The largest absolute Gasteiger partial charge is 0.352 e. The highest BCUT2D eigenvalue weighted by atomic mass is 15.4. The van der Waals surface area contributed by atoms with Gasteiger partial charge in [0.15, 0.2) is 0 Å². The number of hydrogen-bond acceptors (Lipinski definition) is 5. The average Bonchev–Trinajstić information content (AvgIpc) is 2.93. The second kappa shape index (κ2) is 5.97. The van der Waals surface area contributed by atoms with Crippen LogP contribution in [0, 0.1) is 6.92 Å². The van der Waals surface area contributed by atoms with Crippen LogP contribution in [0.1, 0.15) is 38.8 Å². The van der Waals surface area contributed by atoms with Crippen LogP contribution < -0.4 is 10.2 Å². The van der Waals surface area contributed by atoms with Gasteiger partial charge in [0, 0.05) is 30.4 Å². The van der Waals surface area contributed by atoms with E-state index in [2.05, 4.69) is 45.2 Å². The molecule has 1 aliphatic heterocycles. The molecule has 0 saturated carbocycles. The minimum absolute atomic E-state index is 0.405. The van der Waals surface area contributed by atoms with E-state index >= 15 is 0 Å². The van der Waals surface area contributed by atoms with Gasteiger partial charge in [0.25, 0.3) is 5.78 Å². The Balaban J connectivity index is 1.93. The summed E-state index contributed by atoms with van der Waals surface area (Å²) in [6.07, 6.45) is 5.42. The number of hydrogen-bond donors (Lipinski definition) is 1. The molecule has 0 amide bonds. The second-order valence-corrected chi connectivity index (χ2v) is 6.12. The van der Waals surface area contributed by atoms with Crippen molar-refractivity contribution < 1.29 is 0 Å². The van der Waals surface area contributed by atoms with Gasteiger partial charge in [-0.15, -0.1) is 0 Å². The van der Waals surface area contributed by atoms with Gasteiger partial charge in [0.2, 0.25) is 0 Å². The zero-order valence-electron chi connectivity index (χ0n) is 13.1. The fourth-order valence-corrected chi connectivity index (χ4v) is 3.00. The van der Waals surface area contributed by atoms with Crippen molar-refractivity contribution in [2.75, 3.05) is 18.0 Å². The van der Waals surface area contributed by atoms with Gasteiger partial charge in [0.05, 0.1) is 0 Å². The van der Waals surface area contributed by atoms with Crippen LogP contribution in [0.3, 0.4) is 0 Å². The molecule has 0 bridgehead atoms. The van der Waals surface area contributed by atoms with Crippen molar-refractivity contribution in [2.24, 2.45) is 0 Å². The second-order valence-electron chi connectivity index (χ2n) is 6.12. The van der Waals surface area contributed by atoms with E-state index in [0.717, 1.165) is 24.6 Å². The number of rotatable bonds is 4. The van der Waals surface area contributed by atoms with E-state index in [1.165, 1.54) is 19.3 Å². The quantitative estimate of drug-likeness (QED) is 0.929. The minimum atomic E-state index is 0.405. The molecule has 6 nitrogen and oxygen atoms in total. The molecule has 1 atom stereocenters. The number of anilines is 1. The lowest BCUT2D eigenvalue weighted by Gasteiger charge is -2.34. The van der Waals surface area contributed by atoms with Gasteiger partial charge >= 0.3 is 0 Å². The highest BCUT2D eigenvalue weighted by molar-refractivity contribution is 5.48. The summed E-state index contributed by atoms with van der Waals surface area (Å²) in [7, 11) is 0. The highest BCUT2D eigenvalue weighted by Crippen LogP contribution is 2.20. The normalized spacial score (nSPS) is 19.3. The molecular formula is C15H24N6. The van der Waals surface area contributed by atoms with Gasteiger partial charge in [-0.25, -0.2) is 4.98 Å². The van der Waals surface area contributed by atoms with Crippen molar-refractivity contribution in [3.8, 4) is 0 Å². The molecule has 1 fully saturated rings. The van der Waals surface area contributed by atoms with Gasteiger partial charge in [0.1, 0.15) is 12.1 Å². The standard InChI is InChI=1S/C15H24N6/c1-11(2)20(9-13-6-4-5-7-16-13)14-8-12(3)19-15-17-10-18-21(14)15/h8,10-11,13,16H,4-7,9H2,1-3H3. The van der Waals surface area contributed by atoms with Crippen LogP contribution in [0.15, 0.2) is 12.4 Å². The lowest BCUT2D eigenvalue weighted by molar-refractivity contribution is 0.392. The van der Waals surface area contributed by atoms with E-state index in [0.29, 0.717) is 17.9 Å². The lowest BCUT2D eigenvalue weighted by Crippen LogP contribution is -2.46. The van der Waals surface area contributed by atoms with Crippen LogP contribution >= 0.6 is 0 Å². The first-order chi connectivity index (χ1) is 10.1. The number of aryl methyl sites for hydroxylation is 1. The first kappa shape index (κ1) is 14.3. The summed E-state index contributed by atoms with van der Waals surface area (Å²) in [5.74, 6) is 1.75. The molecule has 0 aromatic carbocycles. The summed E-state index contributed by atoms with van der Waals surface area (Å²) in [4.78, 5) is 11.1. The Kier molecular flexibility index (Phi) is 4.05. The fourth-order valence-electron chi connectivity index (χ4n) is 3.00. The van der Waals surface area contributed by atoms with Gasteiger partial charge in [-0.05, 0) is 40.2 Å². The molecule has 21 heavy (non-hydrogen) atoms. The summed E-state index contributed by atoms with van der Waals surface area (Å²) in [5, 5.41) is 7.97. The molecule has 3 heterocycles. The Labute approximate surface area is 125 Å². The molecule has 1 saturated heterocycles. The van der Waals surface area contributed by atoms with Gasteiger partial charge < -0.3 is 10.2 Å². The van der Waals surface area contributed by atoms with Crippen LogP contribution in [0.4, 0.5) is 5.82 Å². The van der Waals surface area contributed by atoms with E-state index < -0.39 is 0 Å². The maximum Gasteiger partial charge on any atom is 0.254 e. The predicted octanol–water partition coefficient (Wildman–Crippen LogP) is 1.79. The topological polar surface area (TPSA) is 58.4 Å². The van der Waals surface area contributed by atoms with Crippen LogP contribution in [0.2, 0.25) is 0 Å². The highest BCUT2D eigenvalue weighted by Gasteiger charge is 2.21. The number of piperidine rings is 1. The van der Waals surface area contributed by atoms with Crippen molar-refractivity contribution in [2.45, 2.75) is 52.1 Å². The summed E-state index contributed by atoms with van der Waals surface area (Å²) in [5.41, 5.74) is 0.979. The van der Waals surface area contributed by atoms with Crippen LogP contribution in [-0.2, 0) is 0 Å². The van der Waals surface area contributed by atoms with Crippen molar-refractivity contribution in [3.63, 3.8) is 0 Å². The molecule has 6 heteroatoms. The van der Waals surface area contributed by atoms with Crippen molar-refractivity contribution in [1.82, 2.24) is 24.9 Å². The van der Waals surface area contributed by atoms with Crippen LogP contribution in [0.5, 0.6) is 0 Å². The third-order valence-corrected chi connectivity index (χ3v) is 4.11. The van der Waals surface area contributed by atoms with E-state index in [9.17, 15) is 0 Å². The Morgan fingerprint density at radius 1 is 1.43 bits per heavy atom. The van der Waals surface area contributed by atoms with Gasteiger partial charge in [-0.3, -0.25) is 0 Å². The monoisotopic (exact) mass is 288 g/mol. The van der Waals surface area contributed by atoms with Crippen LogP contribution in [-0.4, -0.2) is 44.8 Å². The molecule has 3 rings (SSSR count). The fraction of sp³-hybridized carbons (Fsp3) is 0.667. The van der Waals surface area contributed by atoms with Crippen molar-refractivity contribution in [3.05, 3.63) is 18.1 Å². The smallest absolute Gasteiger partial charge is 0.254 e. The zero-order valence-corrected chi connectivity index (χ0v) is 13.1. The first-order valence-corrected chi connectivity index (χ1v) is 7.82. The third kappa shape index (κ3) is 3.00. The molecule has 1 aliphatic rings. The third-order valence-electron chi connectivity index (χ3n) is 4.11.